The lowest BCUT2D eigenvalue weighted by Crippen LogP contribution is -2.37. The van der Waals surface area contributed by atoms with Crippen molar-refractivity contribution in [1.29, 1.82) is 0 Å². The molecule has 3 aromatic heterocycles. The first kappa shape index (κ1) is 41.6. The number of phenolic OH excluding ortho intramolecular Hbond substituents is 1. The van der Waals surface area contributed by atoms with Crippen LogP contribution < -0.4 is 22.1 Å². The van der Waals surface area contributed by atoms with E-state index in [2.05, 4.69) is 109 Å². The second-order valence-electron chi connectivity index (χ2n) is 14.8. The van der Waals surface area contributed by atoms with Crippen LogP contribution >= 0.6 is 0 Å². The quantitative estimate of drug-likeness (QED) is 0.0752. The lowest BCUT2D eigenvalue weighted by atomic mass is 9.99. The zero-order valence-corrected chi connectivity index (χ0v) is 34.9. The molecule has 0 aliphatic carbocycles. The number of nitrogens with two attached hydrogens (primary N) is 3. The molecule has 0 spiro atoms. The van der Waals surface area contributed by atoms with Gasteiger partial charge in [-0.3, -0.25) is 14.3 Å². The lowest BCUT2D eigenvalue weighted by Gasteiger charge is -2.29. The van der Waals surface area contributed by atoms with Gasteiger partial charge in [0.25, 0.3) is 0 Å². The van der Waals surface area contributed by atoms with Crippen molar-refractivity contribution in [3.8, 4) is 22.8 Å². The van der Waals surface area contributed by atoms with Crippen LogP contribution in [0.25, 0.3) is 44.6 Å². The van der Waals surface area contributed by atoms with Gasteiger partial charge in [0.2, 0.25) is 11.9 Å². The molecule has 0 aliphatic rings. The maximum atomic E-state index is 11.6. The largest absolute Gasteiger partial charge is 0.507 e. The number of aromatic hydroxyl groups is 1. The normalized spacial score (nSPS) is 11.9. The van der Waals surface area contributed by atoms with Crippen LogP contribution in [0.4, 0.5) is 5.69 Å². The summed E-state index contributed by atoms with van der Waals surface area (Å²) in [6.07, 6.45) is 7.89. The molecule has 4 aromatic carbocycles. The Hall–Kier alpha value is -7.08. The standard InChI is InChI=1S/C26H33N5.C21H21N5O2/c1-7-20-13-12-18(5)22(16-20)23(8-2)31(26(28)29-19(6)27)25-11-9-10-24-21(25)14-15-30(24)17(3)4;1-3-13-7-8-18(27)15(11-13)21-24-23-20(12-19(22)28)26(21)17-6-4-5-16-14(17)9-10-25(16)2/h8-17H,6-7,27H2,1-5H3,(H2,28,29);4-11,27H,3,12H2,1-2H3,(H2,22,28)/b23-8+;. The molecule has 7 N–H and O–H groups in total. The Bertz CT molecular complexity index is 2730. The summed E-state index contributed by atoms with van der Waals surface area (Å²) in [5.41, 5.74) is 27.9. The number of anilines is 1. The number of hydrogen-bond acceptors (Lipinski definition) is 6. The number of amides is 1. The van der Waals surface area contributed by atoms with Crippen LogP contribution in [-0.4, -0.2) is 40.9 Å². The van der Waals surface area contributed by atoms with Gasteiger partial charge in [-0.1, -0.05) is 56.8 Å². The molecule has 304 valence electrons. The SMILES string of the molecule is C=C(N)/N=C(\N)N(/C(=C/C)c1cc(CC)ccc1C)c1cccc2c1ccn2C(C)C.CCc1ccc(O)c(-c2nnc(CC(N)=O)n2-c2cccc3c2ccn3C)c1. The van der Waals surface area contributed by atoms with Crippen molar-refractivity contribution in [2.24, 2.45) is 29.2 Å². The van der Waals surface area contributed by atoms with Gasteiger partial charge in [-0.05, 0) is 112 Å². The Morgan fingerprint density at radius 3 is 2.25 bits per heavy atom. The number of benzene rings is 4. The van der Waals surface area contributed by atoms with Crippen LogP contribution in [0.5, 0.6) is 5.75 Å². The van der Waals surface area contributed by atoms with Gasteiger partial charge >= 0.3 is 0 Å². The van der Waals surface area contributed by atoms with Crippen LogP contribution in [0.15, 0.2) is 121 Å². The minimum absolute atomic E-state index is 0.0511. The lowest BCUT2D eigenvalue weighted by molar-refractivity contribution is -0.117. The molecule has 0 bridgehead atoms. The maximum absolute atomic E-state index is 11.6. The highest BCUT2D eigenvalue weighted by Gasteiger charge is 2.24. The number of nitrogens with zero attached hydrogens (tertiary/aromatic N) is 7. The van der Waals surface area contributed by atoms with E-state index in [1.807, 2.05) is 77.5 Å². The molecular formula is C47H54N10O2. The van der Waals surface area contributed by atoms with E-state index in [0.717, 1.165) is 62.8 Å². The number of rotatable bonds is 11. The summed E-state index contributed by atoms with van der Waals surface area (Å²) in [6, 6.07) is 28.6. The van der Waals surface area contributed by atoms with E-state index in [4.69, 9.17) is 17.2 Å². The number of hydrogen-bond donors (Lipinski definition) is 4. The summed E-state index contributed by atoms with van der Waals surface area (Å²) in [7, 11) is 1.97. The van der Waals surface area contributed by atoms with Crippen molar-refractivity contribution in [3.05, 3.63) is 144 Å². The van der Waals surface area contributed by atoms with Crippen molar-refractivity contribution in [3.63, 3.8) is 0 Å². The molecule has 0 unspecified atom stereocenters. The van der Waals surface area contributed by atoms with E-state index in [1.165, 1.54) is 11.1 Å². The summed E-state index contributed by atoms with van der Waals surface area (Å²) >= 11 is 0. The predicted octanol–water partition coefficient (Wildman–Crippen LogP) is 8.43. The van der Waals surface area contributed by atoms with Crippen molar-refractivity contribution in [2.45, 2.75) is 66.8 Å². The van der Waals surface area contributed by atoms with Crippen LogP contribution in [0, 0.1) is 6.92 Å². The van der Waals surface area contributed by atoms with E-state index in [1.54, 1.807) is 6.07 Å². The fourth-order valence-corrected chi connectivity index (χ4v) is 7.44. The third-order valence-corrected chi connectivity index (χ3v) is 10.4. The van der Waals surface area contributed by atoms with E-state index in [0.29, 0.717) is 23.3 Å². The van der Waals surface area contributed by atoms with E-state index < -0.39 is 5.91 Å². The fraction of sp³-hybridized carbons (Fsp3) is 0.234. The van der Waals surface area contributed by atoms with Crippen molar-refractivity contribution in [1.82, 2.24) is 23.9 Å². The van der Waals surface area contributed by atoms with Crippen LogP contribution in [0.1, 0.15) is 68.7 Å². The molecular weight excluding hydrogens is 737 g/mol. The van der Waals surface area contributed by atoms with E-state index in [-0.39, 0.29) is 24.0 Å². The molecule has 0 fully saturated rings. The number of fused-ring (bicyclic) bond motifs is 2. The number of aliphatic imine (C=N–C) groups is 1. The van der Waals surface area contributed by atoms with Crippen molar-refractivity contribution in [2.75, 3.05) is 4.90 Å². The van der Waals surface area contributed by atoms with Crippen LogP contribution in [0.3, 0.4) is 0 Å². The summed E-state index contributed by atoms with van der Waals surface area (Å²) in [6.45, 7) is 16.4. The molecule has 12 nitrogen and oxygen atoms in total. The molecule has 7 rings (SSSR count). The molecule has 12 heteroatoms. The van der Waals surface area contributed by atoms with Crippen molar-refractivity contribution >= 4 is 45.1 Å². The third-order valence-electron chi connectivity index (χ3n) is 10.4. The minimum atomic E-state index is -0.494. The second-order valence-corrected chi connectivity index (χ2v) is 14.8. The monoisotopic (exact) mass is 790 g/mol. The predicted molar refractivity (Wildman–Crippen MR) is 241 cm³/mol. The van der Waals surface area contributed by atoms with Gasteiger partial charge in [0.05, 0.1) is 34.6 Å². The molecule has 0 radical (unpaired) electrons. The Labute approximate surface area is 345 Å². The summed E-state index contributed by atoms with van der Waals surface area (Å²) in [5.74, 6) is 0.972. The Balaban J connectivity index is 0.000000199. The number of carbonyl (C=O) groups excluding carboxylic acids is 1. The first-order chi connectivity index (χ1) is 28.3. The number of allylic oxidation sites excluding steroid dienone is 1. The first-order valence-corrected chi connectivity index (χ1v) is 19.8. The molecule has 0 saturated carbocycles. The highest BCUT2D eigenvalue weighted by atomic mass is 16.3. The number of primary amides is 1. The van der Waals surface area contributed by atoms with Gasteiger partial charge < -0.3 is 31.4 Å². The smallest absolute Gasteiger partial charge is 0.225 e. The number of phenols is 1. The molecule has 0 aliphatic heterocycles. The number of carbonyl (C=O) groups is 1. The van der Waals surface area contributed by atoms with Gasteiger partial charge in [-0.2, -0.15) is 4.99 Å². The Morgan fingerprint density at radius 1 is 0.898 bits per heavy atom. The van der Waals surface area contributed by atoms with E-state index >= 15 is 0 Å². The van der Waals surface area contributed by atoms with Crippen LogP contribution in [0.2, 0.25) is 0 Å². The molecule has 0 saturated heterocycles. The average Bonchev–Trinajstić information content (AvgIpc) is 3.94. The third kappa shape index (κ3) is 8.47. The number of aromatic nitrogens is 5. The maximum Gasteiger partial charge on any atom is 0.225 e. The molecule has 1 amide bonds. The zero-order chi connectivity index (χ0) is 42.5. The highest BCUT2D eigenvalue weighted by Crippen LogP contribution is 2.36. The highest BCUT2D eigenvalue weighted by molar-refractivity contribution is 6.13. The van der Waals surface area contributed by atoms with Crippen molar-refractivity contribution < 1.29 is 9.90 Å². The Kier molecular flexibility index (Phi) is 12.4. The average molecular weight is 791 g/mol. The van der Waals surface area contributed by atoms with Gasteiger partial charge in [0.1, 0.15) is 17.4 Å². The molecule has 3 heterocycles. The Morgan fingerprint density at radius 2 is 1.58 bits per heavy atom. The van der Waals surface area contributed by atoms with Gasteiger partial charge in [-0.15, -0.1) is 10.2 Å². The molecule has 7 aromatic rings. The fourth-order valence-electron chi connectivity index (χ4n) is 7.44. The zero-order valence-electron chi connectivity index (χ0n) is 34.9. The molecule has 0 atom stereocenters. The number of guanidine groups is 1. The molecule has 59 heavy (non-hydrogen) atoms. The number of aryl methyl sites for hydroxylation is 4. The van der Waals surface area contributed by atoms with Crippen LogP contribution in [-0.2, 0) is 31.1 Å². The summed E-state index contributed by atoms with van der Waals surface area (Å²) < 4.78 is 6.08. The van der Waals surface area contributed by atoms with Gasteiger partial charge in [0, 0.05) is 47.3 Å². The second kappa shape index (κ2) is 17.6. The van der Waals surface area contributed by atoms with Gasteiger partial charge in [-0.25, -0.2) is 0 Å². The minimum Gasteiger partial charge on any atom is -0.507 e. The van der Waals surface area contributed by atoms with Gasteiger partial charge in [0.15, 0.2) is 5.82 Å². The van der Waals surface area contributed by atoms with E-state index in [9.17, 15) is 9.90 Å². The first-order valence-electron chi connectivity index (χ1n) is 19.8. The topological polar surface area (TPSA) is 172 Å². The summed E-state index contributed by atoms with van der Waals surface area (Å²) in [4.78, 5) is 17.9. The summed E-state index contributed by atoms with van der Waals surface area (Å²) in [5, 5.41) is 21.1.